The van der Waals surface area contributed by atoms with Crippen molar-refractivity contribution in [2.45, 2.75) is 71.6 Å². The fourth-order valence-electron chi connectivity index (χ4n) is 5.69. The minimum Gasteiger partial charge on any atom is -0.325 e. The zero-order valence-electron chi connectivity index (χ0n) is 20.6. The van der Waals surface area contributed by atoms with Gasteiger partial charge < -0.3 is 4.90 Å². The van der Waals surface area contributed by atoms with Crippen LogP contribution in [0.3, 0.4) is 0 Å². The van der Waals surface area contributed by atoms with E-state index in [1.165, 1.54) is 24.8 Å². The number of carbonyl (C=O) groups is 2. The molecule has 7 nitrogen and oxygen atoms in total. The highest BCUT2D eigenvalue weighted by Crippen LogP contribution is 2.41. The average molecular weight is 510 g/mol. The van der Waals surface area contributed by atoms with E-state index in [0.717, 1.165) is 17.1 Å². The van der Waals surface area contributed by atoms with Crippen molar-refractivity contribution in [3.63, 3.8) is 0 Å². The van der Waals surface area contributed by atoms with E-state index in [1.54, 1.807) is 11.0 Å². The fourth-order valence-corrected chi connectivity index (χ4v) is 6.71. The Labute approximate surface area is 209 Å². The third-order valence-corrected chi connectivity index (χ3v) is 8.50. The van der Waals surface area contributed by atoms with Crippen LogP contribution in [0.1, 0.15) is 62.9 Å². The minimum absolute atomic E-state index is 0. The fraction of sp³-hybridized carbons (Fsp3) is 0.600. The first-order chi connectivity index (χ1) is 15.5. The van der Waals surface area contributed by atoms with Gasteiger partial charge in [0, 0.05) is 30.7 Å². The Morgan fingerprint density at radius 2 is 1.68 bits per heavy atom. The topological polar surface area (TPSA) is 78.0 Å². The van der Waals surface area contributed by atoms with Gasteiger partial charge in [0.25, 0.3) is 5.91 Å². The molecule has 4 atom stereocenters. The van der Waals surface area contributed by atoms with Crippen molar-refractivity contribution >= 4 is 34.2 Å². The molecule has 0 aromatic heterocycles. The highest BCUT2D eigenvalue weighted by atomic mass is 35.5. The Morgan fingerprint density at radius 1 is 1.09 bits per heavy atom. The molecule has 1 aromatic carbocycles. The van der Waals surface area contributed by atoms with Gasteiger partial charge in [-0.2, -0.15) is 0 Å². The molecule has 2 saturated heterocycles. The largest absolute Gasteiger partial charge is 0.325 e. The molecule has 34 heavy (non-hydrogen) atoms. The van der Waals surface area contributed by atoms with Crippen molar-refractivity contribution in [1.82, 2.24) is 14.1 Å². The van der Waals surface area contributed by atoms with Gasteiger partial charge in [-0.25, -0.2) is 12.7 Å². The van der Waals surface area contributed by atoms with E-state index < -0.39 is 27.9 Å². The molecule has 2 amide bonds. The number of likely N-dealkylation sites (tertiary alicyclic amines) is 1. The van der Waals surface area contributed by atoms with E-state index in [9.17, 15) is 18.0 Å². The first kappa shape index (κ1) is 26.7. The van der Waals surface area contributed by atoms with Gasteiger partial charge in [0.2, 0.25) is 15.9 Å². The normalized spacial score (nSPS) is 27.6. The molecule has 0 aliphatic carbocycles. The van der Waals surface area contributed by atoms with E-state index in [2.05, 4.69) is 18.7 Å². The van der Waals surface area contributed by atoms with E-state index >= 15 is 0 Å². The Bertz CT molecular complexity index is 1060. The van der Waals surface area contributed by atoms with Crippen molar-refractivity contribution in [1.29, 1.82) is 0 Å². The first-order valence-electron chi connectivity index (χ1n) is 11.9. The van der Waals surface area contributed by atoms with Crippen molar-refractivity contribution in [3.05, 3.63) is 47.2 Å². The van der Waals surface area contributed by atoms with Crippen LogP contribution in [0.15, 0.2) is 36.0 Å². The zero-order valence-corrected chi connectivity index (χ0v) is 22.2. The van der Waals surface area contributed by atoms with E-state index in [0.29, 0.717) is 29.9 Å². The zero-order chi connectivity index (χ0) is 24.1. The second kappa shape index (κ2) is 9.99. The molecule has 0 radical (unpaired) electrons. The summed E-state index contributed by atoms with van der Waals surface area (Å²) in [6, 6.07) is 8.27. The van der Waals surface area contributed by atoms with Crippen molar-refractivity contribution in [3.8, 4) is 0 Å². The summed E-state index contributed by atoms with van der Waals surface area (Å²) < 4.78 is 25.5. The number of benzene rings is 1. The number of piperidine rings is 1. The average Bonchev–Trinajstić information content (AvgIpc) is 3.26. The van der Waals surface area contributed by atoms with Gasteiger partial charge in [-0.1, -0.05) is 32.4 Å². The predicted molar refractivity (Wildman–Crippen MR) is 135 cm³/mol. The molecule has 3 aliphatic heterocycles. The van der Waals surface area contributed by atoms with Gasteiger partial charge in [0.05, 0.1) is 23.9 Å². The van der Waals surface area contributed by atoms with Crippen LogP contribution in [0, 0.1) is 11.8 Å². The summed E-state index contributed by atoms with van der Waals surface area (Å²) in [7, 11) is -3.74. The highest BCUT2D eigenvalue weighted by Gasteiger charge is 2.54. The van der Waals surface area contributed by atoms with Gasteiger partial charge >= 0.3 is 0 Å². The lowest BCUT2D eigenvalue weighted by Crippen LogP contribution is -2.43. The first-order valence-corrected chi connectivity index (χ1v) is 13.8. The number of hydrogen-bond acceptors (Lipinski definition) is 5. The van der Waals surface area contributed by atoms with Gasteiger partial charge in [-0.3, -0.25) is 14.5 Å². The Hall–Kier alpha value is -1.90. The Kier molecular flexibility index (Phi) is 7.85. The monoisotopic (exact) mass is 509 g/mol. The third kappa shape index (κ3) is 4.77. The molecule has 188 valence electrons. The van der Waals surface area contributed by atoms with Crippen molar-refractivity contribution in [2.24, 2.45) is 11.8 Å². The van der Waals surface area contributed by atoms with Crippen LogP contribution in [0.4, 0.5) is 0 Å². The molecule has 2 unspecified atom stereocenters. The smallest absolute Gasteiger partial charge is 0.254 e. The maximum absolute atomic E-state index is 13.4. The van der Waals surface area contributed by atoms with Crippen LogP contribution < -0.4 is 0 Å². The van der Waals surface area contributed by atoms with Gasteiger partial charge in [0.15, 0.2) is 0 Å². The lowest BCUT2D eigenvalue weighted by Gasteiger charge is -2.39. The SMILES string of the molecule is CC(C)[C@H]1C(=O)N(S(C)(=O)=O)C2=CCN(C(=O)c3ccc(CN4C(C)CCCC4C)cc3)[C@@H]21.Cl. The van der Waals surface area contributed by atoms with Gasteiger partial charge in [-0.05, 0) is 56.4 Å². The molecule has 3 heterocycles. The summed E-state index contributed by atoms with van der Waals surface area (Å²) in [5, 5.41) is 0. The van der Waals surface area contributed by atoms with Crippen LogP contribution >= 0.6 is 12.4 Å². The van der Waals surface area contributed by atoms with Crippen LogP contribution in [0.2, 0.25) is 0 Å². The number of nitrogens with zero attached hydrogens (tertiary/aromatic N) is 3. The number of fused-ring (bicyclic) bond motifs is 1. The molecule has 2 fully saturated rings. The maximum Gasteiger partial charge on any atom is 0.254 e. The van der Waals surface area contributed by atoms with E-state index in [1.807, 2.05) is 38.1 Å². The number of rotatable bonds is 5. The lowest BCUT2D eigenvalue weighted by molar-refractivity contribution is -0.128. The van der Waals surface area contributed by atoms with Gasteiger partial charge in [-0.15, -0.1) is 12.4 Å². The molecular formula is C25H36ClN3O4S. The predicted octanol–water partition coefficient (Wildman–Crippen LogP) is 3.65. The molecule has 0 bridgehead atoms. The van der Waals surface area contributed by atoms with Crippen LogP contribution in [0.5, 0.6) is 0 Å². The van der Waals surface area contributed by atoms with Crippen LogP contribution in [-0.4, -0.2) is 65.3 Å². The summed E-state index contributed by atoms with van der Waals surface area (Å²) in [5.74, 6) is -1.28. The second-order valence-electron chi connectivity index (χ2n) is 10.2. The number of sulfonamides is 1. The highest BCUT2D eigenvalue weighted by molar-refractivity contribution is 7.89. The second-order valence-corrected chi connectivity index (χ2v) is 12.0. The molecule has 4 rings (SSSR count). The van der Waals surface area contributed by atoms with Crippen molar-refractivity contribution in [2.75, 3.05) is 12.8 Å². The molecule has 3 aliphatic rings. The molecule has 9 heteroatoms. The van der Waals surface area contributed by atoms with Crippen LogP contribution in [0.25, 0.3) is 0 Å². The summed E-state index contributed by atoms with van der Waals surface area (Å²) >= 11 is 0. The summed E-state index contributed by atoms with van der Waals surface area (Å²) in [5.41, 5.74) is 2.15. The minimum atomic E-state index is -3.74. The number of halogens is 1. The quantitative estimate of drug-likeness (QED) is 0.605. The van der Waals surface area contributed by atoms with E-state index in [-0.39, 0.29) is 24.2 Å². The lowest BCUT2D eigenvalue weighted by atomic mass is 9.89. The Morgan fingerprint density at radius 3 is 2.21 bits per heavy atom. The third-order valence-electron chi connectivity index (χ3n) is 7.45. The number of hydrogen-bond donors (Lipinski definition) is 0. The number of amides is 2. The summed E-state index contributed by atoms with van der Waals surface area (Å²) in [6.07, 6.45) is 6.45. The molecule has 0 spiro atoms. The Balaban J connectivity index is 0.00000324. The molecular weight excluding hydrogens is 474 g/mol. The number of carbonyl (C=O) groups excluding carboxylic acids is 2. The van der Waals surface area contributed by atoms with Gasteiger partial charge in [0.1, 0.15) is 0 Å². The summed E-state index contributed by atoms with van der Waals surface area (Å²) in [4.78, 5) is 30.6. The molecule has 0 N–H and O–H groups in total. The standard InChI is InChI=1S/C25H35N3O4S.ClH/c1-16(2)22-23-21(28(25(22)30)33(5,31)32)13-14-26(23)24(29)20-11-9-19(10-12-20)15-27-17(3)7-6-8-18(27)4;/h9-13,16-18,22-23H,6-8,14-15H2,1-5H3;1H/t17?,18?,22-,23+;/m1./s1. The maximum atomic E-state index is 13.4. The van der Waals surface area contributed by atoms with Crippen LogP contribution in [-0.2, 0) is 21.4 Å². The summed E-state index contributed by atoms with van der Waals surface area (Å²) in [6.45, 7) is 9.50. The molecule has 0 saturated carbocycles. The molecule has 1 aromatic rings. The van der Waals surface area contributed by atoms with E-state index in [4.69, 9.17) is 0 Å². The van der Waals surface area contributed by atoms with Crippen molar-refractivity contribution < 1.29 is 18.0 Å².